The van der Waals surface area contributed by atoms with Crippen LogP contribution in [0.15, 0.2) is 47.4 Å². The summed E-state index contributed by atoms with van der Waals surface area (Å²) in [5.74, 6) is -0.235. The molecule has 3 rings (SSSR count). The predicted molar refractivity (Wildman–Crippen MR) is 112 cm³/mol. The van der Waals surface area contributed by atoms with E-state index in [2.05, 4.69) is 17.0 Å². The van der Waals surface area contributed by atoms with Crippen LogP contribution in [-0.2, 0) is 22.9 Å². The van der Waals surface area contributed by atoms with Gasteiger partial charge >= 0.3 is 0 Å². The van der Waals surface area contributed by atoms with Gasteiger partial charge in [-0.2, -0.15) is 0 Å². The minimum absolute atomic E-state index is 0.184. The van der Waals surface area contributed by atoms with Crippen molar-refractivity contribution in [2.75, 3.05) is 17.9 Å². The first kappa shape index (κ1) is 20.8. The highest BCUT2D eigenvalue weighted by molar-refractivity contribution is 7.92. The molecule has 2 aromatic rings. The molecule has 0 aliphatic heterocycles. The van der Waals surface area contributed by atoms with E-state index in [1.165, 1.54) is 23.3 Å². The lowest BCUT2D eigenvalue weighted by Crippen LogP contribution is -2.35. The maximum atomic E-state index is 12.8. The number of sulfonamides is 1. The van der Waals surface area contributed by atoms with Gasteiger partial charge in [0.05, 0.1) is 11.6 Å². The van der Waals surface area contributed by atoms with Crippen LogP contribution in [0.2, 0.25) is 0 Å². The second-order valence-electron chi connectivity index (χ2n) is 7.61. The molecule has 0 bridgehead atoms. The van der Waals surface area contributed by atoms with Gasteiger partial charge in [-0.15, -0.1) is 0 Å². The molecule has 0 spiro atoms. The summed E-state index contributed by atoms with van der Waals surface area (Å²) in [5.41, 5.74) is 3.87. The summed E-state index contributed by atoms with van der Waals surface area (Å²) < 4.78 is 40.8. The number of hydrogen-bond donors (Lipinski definition) is 2. The molecule has 0 fully saturated rings. The van der Waals surface area contributed by atoms with Crippen LogP contribution in [0.4, 0.5) is 10.1 Å². The summed E-state index contributed by atoms with van der Waals surface area (Å²) >= 11 is 0. The van der Waals surface area contributed by atoms with Crippen molar-refractivity contribution in [2.24, 2.45) is 0 Å². The molecule has 152 valence electrons. The first-order valence-corrected chi connectivity index (χ1v) is 11.4. The Balaban J connectivity index is 1.71. The van der Waals surface area contributed by atoms with Crippen molar-refractivity contribution in [1.82, 2.24) is 5.32 Å². The number of halogens is 1. The summed E-state index contributed by atoms with van der Waals surface area (Å²) in [4.78, 5) is 0.184. The fourth-order valence-electron chi connectivity index (χ4n) is 3.62. The topological polar surface area (TPSA) is 58.2 Å². The van der Waals surface area contributed by atoms with Gasteiger partial charge in [-0.1, -0.05) is 32.0 Å². The van der Waals surface area contributed by atoms with Gasteiger partial charge in [0.25, 0.3) is 10.0 Å². The molecule has 2 atom stereocenters. The third-order valence-corrected chi connectivity index (χ3v) is 6.76. The van der Waals surface area contributed by atoms with Crippen LogP contribution in [0.1, 0.15) is 49.3 Å². The second kappa shape index (κ2) is 9.05. The zero-order valence-corrected chi connectivity index (χ0v) is 17.4. The Bertz CT molecular complexity index is 897. The summed E-state index contributed by atoms with van der Waals surface area (Å²) in [5, 5.41) is 3.57. The molecule has 0 heterocycles. The number of fused-ring (bicyclic) bond motifs is 1. The van der Waals surface area contributed by atoms with Crippen LogP contribution in [0, 0.1) is 0 Å². The Hall–Kier alpha value is -1.92. The van der Waals surface area contributed by atoms with Crippen LogP contribution in [0.5, 0.6) is 0 Å². The summed E-state index contributed by atoms with van der Waals surface area (Å²) in [7, 11) is -3.67. The first-order valence-electron chi connectivity index (χ1n) is 9.97. The first-order chi connectivity index (χ1) is 13.4. The molecular formula is C22H29FN2O2S. The monoisotopic (exact) mass is 404 g/mol. The lowest BCUT2D eigenvalue weighted by molar-refractivity contribution is 0.447. The van der Waals surface area contributed by atoms with E-state index in [9.17, 15) is 12.8 Å². The van der Waals surface area contributed by atoms with E-state index in [1.54, 1.807) is 19.1 Å². The van der Waals surface area contributed by atoms with E-state index in [4.69, 9.17) is 0 Å². The van der Waals surface area contributed by atoms with Gasteiger partial charge in [0.15, 0.2) is 0 Å². The van der Waals surface area contributed by atoms with Crippen molar-refractivity contribution >= 4 is 15.7 Å². The van der Waals surface area contributed by atoms with Crippen molar-refractivity contribution in [3.05, 3.63) is 59.2 Å². The Morgan fingerprint density at radius 1 is 1.14 bits per heavy atom. The molecule has 2 N–H and O–H groups in total. The zero-order valence-electron chi connectivity index (χ0n) is 16.5. The third-order valence-electron chi connectivity index (χ3n) is 5.36. The molecule has 0 unspecified atom stereocenters. The highest BCUT2D eigenvalue weighted by Crippen LogP contribution is 2.26. The van der Waals surface area contributed by atoms with Crippen LogP contribution >= 0.6 is 0 Å². The van der Waals surface area contributed by atoms with E-state index in [0.717, 1.165) is 37.8 Å². The number of aryl methyl sites for hydroxylation is 1. The smallest absolute Gasteiger partial charge is 0.261 e. The molecule has 2 aromatic carbocycles. The lowest BCUT2D eigenvalue weighted by atomic mass is 9.88. The molecule has 1 aliphatic carbocycles. The van der Waals surface area contributed by atoms with Gasteiger partial charge in [0.2, 0.25) is 0 Å². The van der Waals surface area contributed by atoms with Crippen molar-refractivity contribution in [1.29, 1.82) is 0 Å². The molecule has 0 saturated carbocycles. The molecule has 4 nitrogen and oxygen atoms in total. The maximum Gasteiger partial charge on any atom is 0.261 e. The average Bonchev–Trinajstić information content (AvgIpc) is 2.71. The molecule has 0 aromatic heterocycles. The van der Waals surface area contributed by atoms with Crippen molar-refractivity contribution in [3.63, 3.8) is 0 Å². The Morgan fingerprint density at radius 3 is 2.57 bits per heavy atom. The van der Waals surface area contributed by atoms with Crippen molar-refractivity contribution in [3.8, 4) is 0 Å². The predicted octanol–water partition coefficient (Wildman–Crippen LogP) is 4.42. The third kappa shape index (κ3) is 4.92. The average molecular weight is 405 g/mol. The number of benzene rings is 2. The minimum atomic E-state index is -3.67. The summed E-state index contributed by atoms with van der Waals surface area (Å²) in [6, 6.07) is 12.7. The number of alkyl halides is 1. The van der Waals surface area contributed by atoms with E-state index in [1.807, 2.05) is 18.2 Å². The maximum absolute atomic E-state index is 12.8. The highest BCUT2D eigenvalue weighted by Gasteiger charge is 2.20. The van der Waals surface area contributed by atoms with Gasteiger partial charge in [-0.05, 0) is 73.2 Å². The summed E-state index contributed by atoms with van der Waals surface area (Å²) in [6.07, 6.45) is 4.12. The van der Waals surface area contributed by atoms with E-state index in [0.29, 0.717) is 11.7 Å². The van der Waals surface area contributed by atoms with E-state index >= 15 is 0 Å². The van der Waals surface area contributed by atoms with Gasteiger partial charge in [-0.25, -0.2) is 8.42 Å². The number of hydrogen-bond acceptors (Lipinski definition) is 3. The van der Waals surface area contributed by atoms with Gasteiger partial charge in [-0.3, -0.25) is 9.11 Å². The highest BCUT2D eigenvalue weighted by atomic mass is 32.2. The number of rotatable bonds is 8. The quantitative estimate of drug-likeness (QED) is 0.685. The van der Waals surface area contributed by atoms with Crippen molar-refractivity contribution < 1.29 is 12.8 Å². The van der Waals surface area contributed by atoms with Gasteiger partial charge in [0, 0.05) is 17.6 Å². The standard InChI is InChI=1S/C22H29FN2O2S/c1-3-12-24-20-8-4-19-14-21(9-5-18(19)13-20)25-28(26,27)22-10-6-17(7-11-22)16(2)15-23/h5-7,9-11,14,16,20,24-25H,3-4,8,12-13,15H2,1-2H3/t16-,20-/m1/s1. The molecule has 6 heteroatoms. The minimum Gasteiger partial charge on any atom is -0.314 e. The van der Waals surface area contributed by atoms with Crippen LogP contribution in [-0.4, -0.2) is 27.7 Å². The Labute approximate surface area is 167 Å². The SMILES string of the molecule is CCCN[C@@H]1CCc2cc(NS(=O)(=O)c3ccc([C@H](C)CF)cc3)ccc2C1. The Morgan fingerprint density at radius 2 is 1.89 bits per heavy atom. The van der Waals surface area contributed by atoms with Crippen LogP contribution in [0.25, 0.3) is 0 Å². The number of anilines is 1. The van der Waals surface area contributed by atoms with Gasteiger partial charge in [0.1, 0.15) is 0 Å². The van der Waals surface area contributed by atoms with Crippen LogP contribution in [0.3, 0.4) is 0 Å². The molecule has 0 saturated heterocycles. The van der Waals surface area contributed by atoms with E-state index in [-0.39, 0.29) is 10.8 Å². The lowest BCUT2D eigenvalue weighted by Gasteiger charge is -2.26. The van der Waals surface area contributed by atoms with E-state index < -0.39 is 16.7 Å². The molecular weight excluding hydrogens is 375 g/mol. The normalized spacial score (nSPS) is 17.8. The van der Waals surface area contributed by atoms with Gasteiger partial charge < -0.3 is 5.32 Å². The molecule has 1 aliphatic rings. The molecule has 0 radical (unpaired) electrons. The zero-order chi connectivity index (χ0) is 20.1. The fourth-order valence-corrected chi connectivity index (χ4v) is 4.67. The van der Waals surface area contributed by atoms with Crippen LogP contribution < -0.4 is 10.0 Å². The Kier molecular flexibility index (Phi) is 6.73. The summed E-state index contributed by atoms with van der Waals surface area (Å²) in [6.45, 7) is 4.50. The number of nitrogens with one attached hydrogen (secondary N) is 2. The largest absolute Gasteiger partial charge is 0.314 e. The van der Waals surface area contributed by atoms with Crippen molar-refractivity contribution in [2.45, 2.75) is 56.4 Å². The molecule has 0 amide bonds. The fraction of sp³-hybridized carbons (Fsp3) is 0.455. The molecule has 28 heavy (non-hydrogen) atoms. The second-order valence-corrected chi connectivity index (χ2v) is 9.29.